The normalized spacial score (nSPS) is 10.2. The summed E-state index contributed by atoms with van der Waals surface area (Å²) in [4.78, 5) is 29.6. The van der Waals surface area contributed by atoms with Gasteiger partial charge in [-0.2, -0.15) is 0 Å². The van der Waals surface area contributed by atoms with Crippen LogP contribution in [-0.2, 0) is 9.53 Å². The van der Waals surface area contributed by atoms with E-state index >= 15 is 0 Å². The molecular formula is C12H21N5O3S. The molecule has 0 aromatic carbocycles. The summed E-state index contributed by atoms with van der Waals surface area (Å²) >= 11 is 1.21. The first-order chi connectivity index (χ1) is 9.95. The summed E-state index contributed by atoms with van der Waals surface area (Å²) in [5, 5.41) is 5.99. The first-order valence-electron chi connectivity index (χ1n) is 6.43. The SMILES string of the molecule is COCCNC(=O)CCNC(=O)c1sc(N(C)C)nc1N. The highest BCUT2D eigenvalue weighted by atomic mass is 32.1. The van der Waals surface area contributed by atoms with Gasteiger partial charge in [0.25, 0.3) is 5.91 Å². The first-order valence-corrected chi connectivity index (χ1v) is 7.24. The topological polar surface area (TPSA) is 110 Å². The Morgan fingerprint density at radius 1 is 1.33 bits per heavy atom. The number of aromatic nitrogens is 1. The van der Waals surface area contributed by atoms with Gasteiger partial charge in [0.05, 0.1) is 6.61 Å². The monoisotopic (exact) mass is 315 g/mol. The van der Waals surface area contributed by atoms with E-state index in [2.05, 4.69) is 15.6 Å². The maximum atomic E-state index is 12.0. The number of nitrogens with one attached hydrogen (secondary N) is 2. The Morgan fingerprint density at radius 2 is 2.05 bits per heavy atom. The van der Waals surface area contributed by atoms with Crippen molar-refractivity contribution >= 4 is 34.1 Å². The van der Waals surface area contributed by atoms with Crippen LogP contribution in [0.25, 0.3) is 0 Å². The number of nitrogens with two attached hydrogens (primary N) is 1. The fourth-order valence-corrected chi connectivity index (χ4v) is 2.25. The number of carbonyl (C=O) groups excluding carboxylic acids is 2. The van der Waals surface area contributed by atoms with Crippen LogP contribution in [0, 0.1) is 0 Å². The Kier molecular flexibility index (Phi) is 6.89. The van der Waals surface area contributed by atoms with Crippen LogP contribution < -0.4 is 21.3 Å². The number of thiazole rings is 1. The molecule has 21 heavy (non-hydrogen) atoms. The third-order valence-corrected chi connectivity index (χ3v) is 3.73. The molecule has 1 rings (SSSR count). The zero-order chi connectivity index (χ0) is 15.8. The lowest BCUT2D eigenvalue weighted by Gasteiger charge is -2.06. The van der Waals surface area contributed by atoms with Crippen molar-refractivity contribution in [3.63, 3.8) is 0 Å². The molecule has 1 aromatic rings. The molecule has 2 amide bonds. The molecule has 0 unspecified atom stereocenters. The van der Waals surface area contributed by atoms with E-state index in [1.165, 1.54) is 11.3 Å². The summed E-state index contributed by atoms with van der Waals surface area (Å²) in [6, 6.07) is 0. The summed E-state index contributed by atoms with van der Waals surface area (Å²) in [5.41, 5.74) is 5.71. The van der Waals surface area contributed by atoms with Crippen molar-refractivity contribution in [1.82, 2.24) is 15.6 Å². The summed E-state index contributed by atoms with van der Waals surface area (Å²) in [5.74, 6) is -0.257. The van der Waals surface area contributed by atoms with Crippen molar-refractivity contribution in [2.24, 2.45) is 0 Å². The lowest BCUT2D eigenvalue weighted by molar-refractivity contribution is -0.121. The summed E-state index contributed by atoms with van der Waals surface area (Å²) in [6.45, 7) is 1.16. The van der Waals surface area contributed by atoms with E-state index in [1.54, 1.807) is 12.0 Å². The fraction of sp³-hybridized carbons (Fsp3) is 0.583. The van der Waals surface area contributed by atoms with Gasteiger partial charge >= 0.3 is 0 Å². The number of hydrogen-bond acceptors (Lipinski definition) is 7. The Balaban J connectivity index is 2.39. The van der Waals surface area contributed by atoms with E-state index in [1.807, 2.05) is 14.1 Å². The van der Waals surface area contributed by atoms with Crippen molar-refractivity contribution in [2.75, 3.05) is 51.5 Å². The first kappa shape index (κ1) is 17.2. The van der Waals surface area contributed by atoms with Gasteiger partial charge in [-0.3, -0.25) is 9.59 Å². The molecule has 0 bridgehead atoms. The van der Waals surface area contributed by atoms with E-state index in [0.29, 0.717) is 23.2 Å². The molecule has 0 saturated heterocycles. The zero-order valence-corrected chi connectivity index (χ0v) is 13.2. The van der Waals surface area contributed by atoms with Gasteiger partial charge in [-0.1, -0.05) is 11.3 Å². The molecule has 4 N–H and O–H groups in total. The van der Waals surface area contributed by atoms with E-state index in [9.17, 15) is 9.59 Å². The van der Waals surface area contributed by atoms with Gasteiger partial charge in [0.15, 0.2) is 5.13 Å². The van der Waals surface area contributed by atoms with Gasteiger partial charge in [-0.15, -0.1) is 0 Å². The number of anilines is 2. The lowest BCUT2D eigenvalue weighted by Crippen LogP contribution is -2.32. The molecule has 0 aliphatic rings. The maximum absolute atomic E-state index is 12.0. The zero-order valence-electron chi connectivity index (χ0n) is 12.4. The van der Waals surface area contributed by atoms with Crippen LogP contribution in [0.2, 0.25) is 0 Å². The molecule has 0 spiro atoms. The van der Waals surface area contributed by atoms with E-state index in [-0.39, 0.29) is 30.6 Å². The van der Waals surface area contributed by atoms with E-state index in [4.69, 9.17) is 10.5 Å². The second-order valence-corrected chi connectivity index (χ2v) is 5.43. The Morgan fingerprint density at radius 3 is 2.62 bits per heavy atom. The molecule has 118 valence electrons. The molecular weight excluding hydrogens is 294 g/mol. The minimum absolute atomic E-state index is 0.140. The van der Waals surface area contributed by atoms with Crippen molar-refractivity contribution in [2.45, 2.75) is 6.42 Å². The molecule has 0 radical (unpaired) electrons. The van der Waals surface area contributed by atoms with Crippen LogP contribution in [-0.4, -0.2) is 57.7 Å². The number of ether oxygens (including phenoxy) is 1. The van der Waals surface area contributed by atoms with Crippen LogP contribution in [0.15, 0.2) is 0 Å². The van der Waals surface area contributed by atoms with Crippen LogP contribution >= 0.6 is 11.3 Å². The summed E-state index contributed by atoms with van der Waals surface area (Å²) in [7, 11) is 5.21. The lowest BCUT2D eigenvalue weighted by atomic mass is 10.3. The van der Waals surface area contributed by atoms with Crippen molar-refractivity contribution in [3.05, 3.63) is 4.88 Å². The maximum Gasteiger partial charge on any atom is 0.265 e. The molecule has 1 heterocycles. The van der Waals surface area contributed by atoms with Crippen LogP contribution in [0.4, 0.5) is 10.9 Å². The van der Waals surface area contributed by atoms with Crippen molar-refractivity contribution in [3.8, 4) is 0 Å². The highest BCUT2D eigenvalue weighted by molar-refractivity contribution is 7.18. The van der Waals surface area contributed by atoms with Gasteiger partial charge in [-0.05, 0) is 0 Å². The third kappa shape index (κ3) is 5.56. The minimum atomic E-state index is -0.317. The molecule has 0 fully saturated rings. The van der Waals surface area contributed by atoms with Crippen LogP contribution in [0.5, 0.6) is 0 Å². The van der Waals surface area contributed by atoms with Gasteiger partial charge < -0.3 is 26.0 Å². The molecule has 0 aliphatic heterocycles. The Hall–Kier alpha value is -1.87. The number of nitrogen functional groups attached to an aromatic ring is 1. The molecule has 1 aromatic heterocycles. The quantitative estimate of drug-likeness (QED) is 0.567. The standard InChI is InChI=1S/C12H21N5O3S/c1-17(2)12-16-10(13)9(21-12)11(19)15-5-4-8(18)14-6-7-20-3/h4-7,13H2,1-3H3,(H,14,18)(H,15,19). The molecule has 0 saturated carbocycles. The molecule has 0 aliphatic carbocycles. The van der Waals surface area contributed by atoms with Crippen LogP contribution in [0.1, 0.15) is 16.1 Å². The number of nitrogens with zero attached hydrogens (tertiary/aromatic N) is 2. The molecule has 9 heteroatoms. The smallest absolute Gasteiger partial charge is 0.265 e. The second kappa shape index (κ2) is 8.42. The number of hydrogen-bond donors (Lipinski definition) is 3. The third-order valence-electron chi connectivity index (χ3n) is 2.50. The predicted molar refractivity (Wildman–Crippen MR) is 82.7 cm³/mol. The van der Waals surface area contributed by atoms with Crippen molar-refractivity contribution in [1.29, 1.82) is 0 Å². The predicted octanol–water partition coefficient (Wildman–Crippen LogP) is -0.326. The summed E-state index contributed by atoms with van der Waals surface area (Å²) < 4.78 is 4.82. The van der Waals surface area contributed by atoms with Crippen LogP contribution in [0.3, 0.4) is 0 Å². The van der Waals surface area contributed by atoms with Gasteiger partial charge in [-0.25, -0.2) is 4.98 Å². The second-order valence-electron chi connectivity index (χ2n) is 4.45. The number of carbonyl (C=O) groups is 2. The molecule has 0 atom stereocenters. The van der Waals surface area contributed by atoms with Crippen molar-refractivity contribution < 1.29 is 14.3 Å². The highest BCUT2D eigenvalue weighted by Crippen LogP contribution is 2.26. The minimum Gasteiger partial charge on any atom is -0.383 e. The highest BCUT2D eigenvalue weighted by Gasteiger charge is 2.16. The van der Waals surface area contributed by atoms with Gasteiger partial charge in [0, 0.05) is 40.7 Å². The van der Waals surface area contributed by atoms with E-state index in [0.717, 1.165) is 0 Å². The Bertz CT molecular complexity index is 489. The number of methoxy groups -OCH3 is 1. The van der Waals surface area contributed by atoms with Gasteiger partial charge in [0.1, 0.15) is 10.7 Å². The largest absolute Gasteiger partial charge is 0.383 e. The van der Waals surface area contributed by atoms with Gasteiger partial charge in [0.2, 0.25) is 5.91 Å². The Labute approximate surface area is 127 Å². The molecule has 8 nitrogen and oxygen atoms in total. The summed E-state index contributed by atoms with van der Waals surface area (Å²) in [6.07, 6.45) is 0.203. The number of rotatable bonds is 8. The number of amides is 2. The fourth-order valence-electron chi connectivity index (χ4n) is 1.42. The average Bonchev–Trinajstić information content (AvgIpc) is 2.81. The van der Waals surface area contributed by atoms with E-state index < -0.39 is 0 Å². The average molecular weight is 315 g/mol.